The summed E-state index contributed by atoms with van der Waals surface area (Å²) in [4.78, 5) is 36.3. The van der Waals surface area contributed by atoms with E-state index in [1.807, 2.05) is 37.3 Å². The van der Waals surface area contributed by atoms with E-state index < -0.39 is 0 Å². The van der Waals surface area contributed by atoms with Gasteiger partial charge in [-0.1, -0.05) is 50.0 Å². The van der Waals surface area contributed by atoms with Crippen molar-refractivity contribution in [3.63, 3.8) is 0 Å². The number of benzene rings is 1. The molecule has 8 nitrogen and oxygen atoms in total. The molecule has 0 saturated carbocycles. The van der Waals surface area contributed by atoms with Crippen LogP contribution in [0.5, 0.6) is 11.5 Å². The summed E-state index contributed by atoms with van der Waals surface area (Å²) in [6.45, 7) is 8.08. The van der Waals surface area contributed by atoms with Crippen LogP contribution in [0.3, 0.4) is 0 Å². The lowest BCUT2D eigenvalue weighted by Crippen LogP contribution is -2.31. The highest BCUT2D eigenvalue weighted by atomic mass is 32.2. The standard InChI is InChI=1S/C29H34N4O4S2/c1-6-13-31(14-7-2)26-21(27(34)32-15-8-9-19(3)25(32)30-26)18-24-28(35)33(29(38)39-24)16-12-20-10-11-22(36-4)23(17-20)37-5/h8-11,15,17-18H,6-7,12-14,16H2,1-5H3. The van der Waals surface area contributed by atoms with Crippen LogP contribution in [0, 0.1) is 6.92 Å². The van der Waals surface area contributed by atoms with E-state index in [1.165, 1.54) is 11.8 Å². The molecule has 0 unspecified atom stereocenters. The Hall–Kier alpha value is -3.37. The van der Waals surface area contributed by atoms with Crippen LogP contribution >= 0.6 is 24.0 Å². The van der Waals surface area contributed by atoms with Gasteiger partial charge in [-0.2, -0.15) is 0 Å². The van der Waals surface area contributed by atoms with Crippen LogP contribution in [0.4, 0.5) is 5.82 Å². The number of methoxy groups -OCH3 is 2. The van der Waals surface area contributed by atoms with Crippen LogP contribution < -0.4 is 19.9 Å². The van der Waals surface area contributed by atoms with Gasteiger partial charge in [0.2, 0.25) is 0 Å². The quantitative estimate of drug-likeness (QED) is 0.235. The van der Waals surface area contributed by atoms with Crippen molar-refractivity contribution >= 4 is 51.7 Å². The molecule has 2 aromatic heterocycles. The largest absolute Gasteiger partial charge is 0.493 e. The van der Waals surface area contributed by atoms with Gasteiger partial charge in [0.15, 0.2) is 11.5 Å². The lowest BCUT2D eigenvalue weighted by Gasteiger charge is -2.25. The van der Waals surface area contributed by atoms with E-state index in [2.05, 4.69) is 18.7 Å². The highest BCUT2D eigenvalue weighted by Gasteiger charge is 2.33. The normalized spacial score (nSPS) is 14.5. The van der Waals surface area contributed by atoms with Gasteiger partial charge in [0.25, 0.3) is 11.5 Å². The SMILES string of the molecule is CCCN(CCC)c1nc2c(C)cccn2c(=O)c1C=C1SC(=S)N(CCc2ccc(OC)c(OC)c2)C1=O. The third kappa shape index (κ3) is 5.96. The van der Waals surface area contributed by atoms with Crippen LogP contribution in [-0.2, 0) is 11.2 Å². The third-order valence-electron chi connectivity index (χ3n) is 6.57. The Labute approximate surface area is 238 Å². The van der Waals surface area contributed by atoms with Crippen LogP contribution in [0.25, 0.3) is 11.7 Å². The summed E-state index contributed by atoms with van der Waals surface area (Å²) in [6, 6.07) is 9.47. The van der Waals surface area contributed by atoms with Gasteiger partial charge in [-0.25, -0.2) is 4.98 Å². The topological polar surface area (TPSA) is 76.4 Å². The fourth-order valence-corrected chi connectivity index (χ4v) is 5.92. The average molecular weight is 567 g/mol. The van der Waals surface area contributed by atoms with Crippen molar-refractivity contribution in [1.29, 1.82) is 0 Å². The summed E-state index contributed by atoms with van der Waals surface area (Å²) in [6.07, 6.45) is 5.80. The van der Waals surface area contributed by atoms with Gasteiger partial charge in [-0.05, 0) is 61.6 Å². The summed E-state index contributed by atoms with van der Waals surface area (Å²) in [5.74, 6) is 1.68. The molecule has 206 valence electrons. The number of carbonyl (C=O) groups excluding carboxylic acids is 1. The molecule has 1 aromatic carbocycles. The Morgan fingerprint density at radius 3 is 2.46 bits per heavy atom. The highest BCUT2D eigenvalue weighted by Crippen LogP contribution is 2.34. The summed E-state index contributed by atoms with van der Waals surface area (Å²) in [7, 11) is 3.19. The number of pyridine rings is 1. The number of anilines is 1. The molecular formula is C29H34N4O4S2. The van der Waals surface area contributed by atoms with E-state index in [9.17, 15) is 9.59 Å². The van der Waals surface area contributed by atoms with Crippen molar-refractivity contribution in [1.82, 2.24) is 14.3 Å². The summed E-state index contributed by atoms with van der Waals surface area (Å²) in [5, 5.41) is 0. The maximum atomic E-state index is 13.8. The van der Waals surface area contributed by atoms with Crippen molar-refractivity contribution in [3.8, 4) is 11.5 Å². The third-order valence-corrected chi connectivity index (χ3v) is 7.95. The second kappa shape index (κ2) is 12.7. The van der Waals surface area contributed by atoms with Gasteiger partial charge in [0.05, 0.1) is 24.7 Å². The second-order valence-electron chi connectivity index (χ2n) is 9.30. The zero-order valence-electron chi connectivity index (χ0n) is 23.0. The Morgan fingerprint density at radius 2 is 1.79 bits per heavy atom. The monoisotopic (exact) mass is 566 g/mol. The molecule has 1 amide bonds. The van der Waals surface area contributed by atoms with Crippen LogP contribution in [0.2, 0.25) is 0 Å². The predicted molar refractivity (Wildman–Crippen MR) is 162 cm³/mol. The van der Waals surface area contributed by atoms with Crippen LogP contribution in [-0.4, -0.2) is 58.4 Å². The number of hydrogen-bond acceptors (Lipinski definition) is 8. The molecule has 1 saturated heterocycles. The molecule has 0 radical (unpaired) electrons. The van der Waals surface area contributed by atoms with Gasteiger partial charge < -0.3 is 14.4 Å². The molecule has 1 fully saturated rings. The number of fused-ring (bicyclic) bond motifs is 1. The van der Waals surface area contributed by atoms with E-state index in [0.29, 0.717) is 50.7 Å². The molecule has 3 heterocycles. The van der Waals surface area contributed by atoms with Crippen molar-refractivity contribution in [2.75, 3.05) is 38.8 Å². The molecule has 1 aliphatic rings. The summed E-state index contributed by atoms with van der Waals surface area (Å²) >= 11 is 6.80. The van der Waals surface area contributed by atoms with E-state index in [-0.39, 0.29) is 11.5 Å². The van der Waals surface area contributed by atoms with Gasteiger partial charge in [0.1, 0.15) is 15.8 Å². The fourth-order valence-electron chi connectivity index (χ4n) is 4.63. The number of rotatable bonds is 11. The zero-order chi connectivity index (χ0) is 28.1. The molecule has 0 spiro atoms. The molecule has 4 rings (SSSR count). The first-order chi connectivity index (χ1) is 18.8. The number of thioether (sulfide) groups is 1. The molecular weight excluding hydrogens is 532 g/mol. The Kier molecular flexibility index (Phi) is 9.29. The van der Waals surface area contributed by atoms with Crippen molar-refractivity contribution in [2.24, 2.45) is 0 Å². The number of aryl methyl sites for hydroxylation is 1. The highest BCUT2D eigenvalue weighted by molar-refractivity contribution is 8.26. The minimum atomic E-state index is -0.206. The van der Waals surface area contributed by atoms with E-state index in [4.69, 9.17) is 26.7 Å². The van der Waals surface area contributed by atoms with E-state index >= 15 is 0 Å². The van der Waals surface area contributed by atoms with Gasteiger partial charge in [0, 0.05) is 25.8 Å². The maximum absolute atomic E-state index is 13.8. The van der Waals surface area contributed by atoms with E-state index in [0.717, 1.165) is 37.1 Å². The number of hydrogen-bond donors (Lipinski definition) is 0. The second-order valence-corrected chi connectivity index (χ2v) is 11.0. The van der Waals surface area contributed by atoms with Crippen molar-refractivity contribution in [3.05, 3.63) is 68.5 Å². The lowest BCUT2D eigenvalue weighted by atomic mass is 10.1. The first-order valence-corrected chi connectivity index (χ1v) is 14.3. The van der Waals surface area contributed by atoms with Crippen LogP contribution in [0.15, 0.2) is 46.2 Å². The Bertz CT molecular complexity index is 1480. The lowest BCUT2D eigenvalue weighted by molar-refractivity contribution is -0.122. The first kappa shape index (κ1) is 28.6. The zero-order valence-corrected chi connectivity index (χ0v) is 24.7. The minimum Gasteiger partial charge on any atom is -0.493 e. The van der Waals surface area contributed by atoms with Crippen molar-refractivity contribution < 1.29 is 14.3 Å². The van der Waals surface area contributed by atoms with Crippen LogP contribution in [0.1, 0.15) is 43.4 Å². The van der Waals surface area contributed by atoms with Gasteiger partial charge in [-0.3, -0.25) is 18.9 Å². The molecule has 3 aromatic rings. The number of aromatic nitrogens is 2. The molecule has 0 atom stereocenters. The molecule has 0 bridgehead atoms. The molecule has 10 heteroatoms. The number of amides is 1. The average Bonchev–Trinajstić information content (AvgIpc) is 3.20. The molecule has 0 aliphatic carbocycles. The molecule has 1 aliphatic heterocycles. The summed E-state index contributed by atoms with van der Waals surface area (Å²) in [5.41, 5.74) is 2.73. The smallest absolute Gasteiger partial charge is 0.267 e. The number of ether oxygens (including phenoxy) is 2. The summed E-state index contributed by atoms with van der Waals surface area (Å²) < 4.78 is 12.7. The fraction of sp³-hybridized carbons (Fsp3) is 0.379. The van der Waals surface area contributed by atoms with Crippen molar-refractivity contribution in [2.45, 2.75) is 40.0 Å². The van der Waals surface area contributed by atoms with E-state index in [1.54, 1.807) is 35.8 Å². The van der Waals surface area contributed by atoms with Gasteiger partial charge in [-0.15, -0.1) is 0 Å². The Balaban J connectivity index is 1.69. The first-order valence-electron chi connectivity index (χ1n) is 13.1. The number of nitrogens with zero attached hydrogens (tertiary/aromatic N) is 4. The molecule has 39 heavy (non-hydrogen) atoms. The maximum Gasteiger partial charge on any atom is 0.267 e. The number of carbonyl (C=O) groups is 1. The Morgan fingerprint density at radius 1 is 1.08 bits per heavy atom. The number of thiocarbonyl (C=S) groups is 1. The minimum absolute atomic E-state index is 0.202. The molecule has 0 N–H and O–H groups in total. The predicted octanol–water partition coefficient (Wildman–Crippen LogP) is 5.09. The van der Waals surface area contributed by atoms with Gasteiger partial charge >= 0.3 is 0 Å².